The molecule has 1 unspecified atom stereocenters. The van der Waals surface area contributed by atoms with Gasteiger partial charge in [-0.15, -0.1) is 0 Å². The summed E-state index contributed by atoms with van der Waals surface area (Å²) >= 11 is 2.39. The molecule has 232 valence electrons. The van der Waals surface area contributed by atoms with Gasteiger partial charge in [-0.2, -0.15) is 26.0 Å². The van der Waals surface area contributed by atoms with Crippen LogP contribution in [0, 0.1) is 11.3 Å². The minimum absolute atomic E-state index is 0. The predicted octanol–water partition coefficient (Wildman–Crippen LogP) is -5.55. The van der Waals surface area contributed by atoms with E-state index in [2.05, 4.69) is 19.6 Å². The molecule has 3 rings (SSSR count). The van der Waals surface area contributed by atoms with E-state index in [9.17, 15) is 31.9 Å². The van der Waals surface area contributed by atoms with Crippen molar-refractivity contribution in [2.24, 2.45) is 11.7 Å². The van der Waals surface area contributed by atoms with Crippen molar-refractivity contribution in [2.75, 3.05) is 19.6 Å². The quantitative estimate of drug-likeness (QED) is 0.0161. The summed E-state index contributed by atoms with van der Waals surface area (Å²) in [6.07, 6.45) is 2.58. The zero-order valence-corrected chi connectivity index (χ0v) is 29.3. The Morgan fingerprint density at radius 3 is 1.98 bits per heavy atom. The molecule has 1 heterocycles. The summed E-state index contributed by atoms with van der Waals surface area (Å²) in [5, 5.41) is 15.3. The van der Waals surface area contributed by atoms with Crippen molar-refractivity contribution < 1.29 is 125 Å². The molecule has 6 N–H and O–H groups in total. The molecule has 24 heteroatoms. The molecule has 1 atom stereocenters. The van der Waals surface area contributed by atoms with Gasteiger partial charge < -0.3 is 27.0 Å². The largest absolute Gasteiger partial charge is 1.00 e. The van der Waals surface area contributed by atoms with Gasteiger partial charge in [0.25, 0.3) is 18.0 Å². The molecule has 1 saturated carbocycles. The van der Waals surface area contributed by atoms with Crippen molar-refractivity contribution in [2.45, 2.75) is 42.7 Å². The van der Waals surface area contributed by atoms with Gasteiger partial charge in [-0.05, 0) is 25.4 Å². The summed E-state index contributed by atoms with van der Waals surface area (Å²) in [5.41, 5.74) is 4.19. The SMILES string of the molecule is COC(=O)C1CCC(F)(F)C1=O.CSC(=N)N.CSc1nc2c(c(=O)[nH]1)CCC2(F)F.O=CO[O-].O=S(=O)(O)O.[H-].[Na+].[Na+]. The van der Waals surface area contributed by atoms with Gasteiger partial charge in [0, 0.05) is 18.4 Å². The number of ketones is 1. The summed E-state index contributed by atoms with van der Waals surface area (Å²) in [4.78, 5) is 50.3. The maximum Gasteiger partial charge on any atom is 1.00 e. The monoisotopic (exact) mass is 692 g/mol. The fraction of sp³-hybridized carbons (Fsp3) is 0.556. The molecule has 42 heavy (non-hydrogen) atoms. The van der Waals surface area contributed by atoms with Crippen LogP contribution >= 0.6 is 23.5 Å². The number of thioether (sulfide) groups is 2. The molecule has 1 fully saturated rings. The van der Waals surface area contributed by atoms with Crippen molar-refractivity contribution >= 4 is 57.3 Å². The number of esters is 1. The molecule has 0 bridgehead atoms. The van der Waals surface area contributed by atoms with Crippen molar-refractivity contribution in [3.8, 4) is 0 Å². The van der Waals surface area contributed by atoms with Crippen molar-refractivity contribution in [3.63, 3.8) is 0 Å². The van der Waals surface area contributed by atoms with E-state index in [1.54, 1.807) is 12.5 Å². The summed E-state index contributed by atoms with van der Waals surface area (Å²) in [7, 11) is -3.59. The van der Waals surface area contributed by atoms with Crippen molar-refractivity contribution in [1.29, 1.82) is 5.41 Å². The fourth-order valence-electron chi connectivity index (χ4n) is 2.71. The number of nitrogens with one attached hydrogen (secondary N) is 2. The van der Waals surface area contributed by atoms with E-state index in [1.165, 1.54) is 11.8 Å². The van der Waals surface area contributed by atoms with Gasteiger partial charge in [-0.1, -0.05) is 23.5 Å². The normalized spacial score (nSPS) is 16.6. The number of nitrogens with two attached hydrogens (primary N) is 1. The number of carbonyl (C=O) groups excluding carboxylic acids is 3. The maximum atomic E-state index is 13.2. The Labute approximate surface area is 290 Å². The number of H-pyrrole nitrogens is 1. The van der Waals surface area contributed by atoms with E-state index in [-0.39, 0.29) is 108 Å². The first-order chi connectivity index (χ1) is 18.2. The number of carbonyl (C=O) groups is 3. The molecule has 1 aromatic heterocycles. The Balaban J connectivity index is -0.000000151. The van der Waals surface area contributed by atoms with Crippen LogP contribution in [-0.4, -0.2) is 76.4 Å². The number of amidine groups is 1. The first-order valence-corrected chi connectivity index (χ1v) is 13.9. The second kappa shape index (κ2) is 22.7. The number of halogens is 4. The number of ether oxygens (including phenoxy) is 1. The minimum atomic E-state index is -4.67. The van der Waals surface area contributed by atoms with Gasteiger partial charge in [0.2, 0.25) is 5.78 Å². The van der Waals surface area contributed by atoms with E-state index in [4.69, 9.17) is 38.7 Å². The second-order valence-corrected chi connectivity index (χ2v) is 9.54. The molecule has 0 saturated heterocycles. The van der Waals surface area contributed by atoms with E-state index in [0.717, 1.165) is 18.9 Å². The molecule has 15 nitrogen and oxygen atoms in total. The number of aromatic amines is 1. The van der Waals surface area contributed by atoms with E-state index >= 15 is 0 Å². The Morgan fingerprint density at radius 2 is 1.67 bits per heavy atom. The number of rotatable bonds is 3. The molecule has 0 amide bonds. The Morgan fingerprint density at radius 1 is 1.21 bits per heavy atom. The first kappa shape index (κ1) is 48.1. The number of hydrogen-bond acceptors (Lipinski definition) is 13. The second-order valence-electron chi connectivity index (χ2n) is 7.00. The summed E-state index contributed by atoms with van der Waals surface area (Å²) < 4.78 is 87.3. The number of fused-ring (bicyclic) bond motifs is 1. The molecule has 0 aliphatic heterocycles. The van der Waals surface area contributed by atoms with Crippen LogP contribution in [-0.2, 0) is 46.8 Å². The van der Waals surface area contributed by atoms with Gasteiger partial charge in [0.1, 0.15) is 11.6 Å². The number of alkyl halides is 4. The zero-order chi connectivity index (χ0) is 31.9. The topological polar surface area (TPSA) is 263 Å². The third kappa shape index (κ3) is 19.5. The van der Waals surface area contributed by atoms with Gasteiger partial charge >= 0.3 is 81.4 Å². The standard InChI is InChI=1S/C8H8F2N2OS.C7H8F2O3.C2H6N2S.CH2O3.2Na.H2O4S.H/c1-14-7-11-5-4(6(13)12-7)2-3-8(5,9)10;1-12-6(11)4-2-3-7(8,9)5(4)10;1-5-2(3)4;2-1-4-3;;;1-5(2,3)4;/h2-3H2,1H3,(H,11,12,13);4H,2-3H2,1H3;1H3,(H3,3,4);1,3H;;;(H2,1,2,3,4);/q;;;;2*+1;;-1/p-1. The van der Waals surface area contributed by atoms with Crippen LogP contribution in [0.4, 0.5) is 17.6 Å². The fourth-order valence-corrected chi connectivity index (χ4v) is 3.09. The molecular weight excluding hydrogens is 666 g/mol. The number of nitrogens with zero attached hydrogens (tertiary/aromatic N) is 1. The maximum absolute atomic E-state index is 13.2. The van der Waals surface area contributed by atoms with Crippen molar-refractivity contribution in [1.82, 2.24) is 9.97 Å². The van der Waals surface area contributed by atoms with Crippen LogP contribution < -0.4 is 75.7 Å². The molecule has 2 aliphatic carbocycles. The van der Waals surface area contributed by atoms with Gasteiger partial charge in [0.05, 0.1) is 7.11 Å². The van der Waals surface area contributed by atoms with Gasteiger partial charge in [-0.3, -0.25) is 33.7 Å². The smallest absolute Gasteiger partial charge is 1.00 e. The molecule has 0 aromatic carbocycles. The van der Waals surface area contributed by atoms with Crippen LogP contribution in [0.3, 0.4) is 0 Å². The summed E-state index contributed by atoms with van der Waals surface area (Å²) in [6, 6.07) is 0. The van der Waals surface area contributed by atoms with Gasteiger partial charge in [-0.25, -0.2) is 4.98 Å². The first-order valence-electron chi connectivity index (χ1n) is 10.1. The Bertz CT molecular complexity index is 1190. The van der Waals surface area contributed by atoms with E-state index in [0.29, 0.717) is 0 Å². The summed E-state index contributed by atoms with van der Waals surface area (Å²) in [6.45, 7) is -0.181. The van der Waals surface area contributed by atoms with Crippen LogP contribution in [0.15, 0.2) is 9.95 Å². The van der Waals surface area contributed by atoms with Crippen LogP contribution in [0.1, 0.15) is 31.9 Å². The molecular formula is C18H26F4N4Na2O11S3. The van der Waals surface area contributed by atoms with E-state index in [1.807, 2.05) is 0 Å². The Kier molecular flexibility index (Phi) is 26.0. The summed E-state index contributed by atoms with van der Waals surface area (Å²) in [5.74, 6) is -9.70. The molecule has 0 radical (unpaired) electrons. The van der Waals surface area contributed by atoms with Crippen LogP contribution in [0.2, 0.25) is 0 Å². The average molecular weight is 693 g/mol. The third-order valence-electron chi connectivity index (χ3n) is 4.39. The minimum Gasteiger partial charge on any atom is -1.00 e. The average Bonchev–Trinajstić information content (AvgIpc) is 3.32. The van der Waals surface area contributed by atoms with Crippen LogP contribution in [0.25, 0.3) is 0 Å². The molecule has 2 aliphatic rings. The number of methoxy groups -OCH3 is 1. The van der Waals surface area contributed by atoms with E-state index < -0.39 is 51.9 Å². The zero-order valence-electron chi connectivity index (χ0n) is 23.8. The Hall–Kier alpha value is -0.790. The number of Topliss-reactive ketones (excluding diaryl/α,β-unsaturated/α-hetero) is 1. The molecule has 1 aromatic rings. The van der Waals surface area contributed by atoms with Crippen LogP contribution in [0.5, 0.6) is 0 Å². The number of hydrogen-bond donors (Lipinski definition) is 5. The van der Waals surface area contributed by atoms with Crippen molar-refractivity contribution in [3.05, 3.63) is 21.6 Å². The number of aromatic nitrogens is 2. The molecule has 0 spiro atoms. The van der Waals surface area contributed by atoms with Gasteiger partial charge in [0.15, 0.2) is 10.3 Å². The third-order valence-corrected chi connectivity index (χ3v) is 5.41. The predicted molar refractivity (Wildman–Crippen MR) is 131 cm³/mol.